The Morgan fingerprint density at radius 3 is 2.24 bits per heavy atom. The van der Waals surface area contributed by atoms with E-state index < -0.39 is 0 Å². The fourth-order valence-electron chi connectivity index (χ4n) is 2.36. The molecule has 104 valence electrons. The predicted molar refractivity (Wildman–Crippen MR) is 88.1 cm³/mol. The number of aromatic hydroxyl groups is 1. The molecular formula is C19H17NO. The van der Waals surface area contributed by atoms with E-state index in [-0.39, 0.29) is 11.8 Å². The molecule has 0 aliphatic rings. The first-order valence-corrected chi connectivity index (χ1v) is 7.04. The van der Waals surface area contributed by atoms with Gasteiger partial charge < -0.3 is 5.11 Å². The fourth-order valence-corrected chi connectivity index (χ4v) is 2.36. The van der Waals surface area contributed by atoms with Crippen molar-refractivity contribution in [3.05, 3.63) is 77.9 Å². The molecule has 3 aromatic rings. The summed E-state index contributed by atoms with van der Waals surface area (Å²) >= 11 is 0. The highest BCUT2D eigenvalue weighted by Crippen LogP contribution is 2.24. The van der Waals surface area contributed by atoms with Crippen LogP contribution >= 0.6 is 0 Å². The second-order valence-corrected chi connectivity index (χ2v) is 5.12. The van der Waals surface area contributed by atoms with E-state index in [9.17, 15) is 5.11 Å². The Hall–Kier alpha value is -2.61. The van der Waals surface area contributed by atoms with Crippen LogP contribution in [-0.2, 0) is 0 Å². The summed E-state index contributed by atoms with van der Waals surface area (Å²) in [6.07, 6.45) is 1.75. The molecule has 0 saturated carbocycles. The number of nitrogens with zero attached hydrogens (tertiary/aromatic N) is 1. The van der Waals surface area contributed by atoms with Crippen LogP contribution in [0.15, 0.2) is 71.7 Å². The topological polar surface area (TPSA) is 32.6 Å². The normalized spacial score (nSPS) is 12.8. The molecule has 0 radical (unpaired) electrons. The Morgan fingerprint density at radius 2 is 1.52 bits per heavy atom. The Kier molecular flexibility index (Phi) is 3.69. The predicted octanol–water partition coefficient (Wildman–Crippen LogP) is 4.73. The highest BCUT2D eigenvalue weighted by atomic mass is 16.3. The summed E-state index contributed by atoms with van der Waals surface area (Å²) in [7, 11) is 0. The zero-order chi connectivity index (χ0) is 14.7. The van der Waals surface area contributed by atoms with Crippen LogP contribution < -0.4 is 0 Å². The van der Waals surface area contributed by atoms with Crippen molar-refractivity contribution in [2.24, 2.45) is 4.99 Å². The molecule has 0 amide bonds. The van der Waals surface area contributed by atoms with E-state index in [4.69, 9.17) is 0 Å². The van der Waals surface area contributed by atoms with Crippen molar-refractivity contribution >= 4 is 17.0 Å². The smallest absolute Gasteiger partial charge is 0.124 e. The Bertz CT molecular complexity index is 778. The Labute approximate surface area is 124 Å². The van der Waals surface area contributed by atoms with Crippen LogP contribution in [0.3, 0.4) is 0 Å². The molecule has 0 heterocycles. The monoisotopic (exact) mass is 275 g/mol. The fraction of sp³-hybridized carbons (Fsp3) is 0.105. The number of aliphatic imine (C=N–C) groups is 1. The van der Waals surface area contributed by atoms with Crippen molar-refractivity contribution in [2.45, 2.75) is 13.0 Å². The van der Waals surface area contributed by atoms with Crippen molar-refractivity contribution in [3.63, 3.8) is 0 Å². The lowest BCUT2D eigenvalue weighted by Gasteiger charge is -2.07. The van der Waals surface area contributed by atoms with Crippen molar-refractivity contribution in [3.8, 4) is 5.75 Å². The van der Waals surface area contributed by atoms with Crippen LogP contribution in [-0.4, -0.2) is 11.3 Å². The highest BCUT2D eigenvalue weighted by molar-refractivity contribution is 5.93. The average Bonchev–Trinajstić information content (AvgIpc) is 2.53. The standard InChI is InChI=1S/C19H17NO/c1-14(15-7-3-2-4-8-15)20-13-18-11-16-9-5-6-10-17(16)12-19(18)21/h2-14,21H,1H3/t14-/m1/s1. The van der Waals surface area contributed by atoms with E-state index in [0.29, 0.717) is 0 Å². The minimum absolute atomic E-state index is 0.0667. The van der Waals surface area contributed by atoms with Gasteiger partial charge in [0.25, 0.3) is 0 Å². The van der Waals surface area contributed by atoms with Crippen molar-refractivity contribution < 1.29 is 5.11 Å². The lowest BCUT2D eigenvalue weighted by Crippen LogP contribution is -1.91. The summed E-state index contributed by atoms with van der Waals surface area (Å²) < 4.78 is 0. The molecule has 0 aromatic heterocycles. The van der Waals surface area contributed by atoms with Crippen molar-refractivity contribution in [1.29, 1.82) is 0 Å². The van der Waals surface area contributed by atoms with E-state index in [1.165, 1.54) is 0 Å². The molecule has 2 heteroatoms. The van der Waals surface area contributed by atoms with Gasteiger partial charge in [0.05, 0.1) is 6.04 Å². The van der Waals surface area contributed by atoms with Gasteiger partial charge in [-0.2, -0.15) is 0 Å². The lowest BCUT2D eigenvalue weighted by molar-refractivity contribution is 0.475. The lowest BCUT2D eigenvalue weighted by atomic mass is 10.1. The van der Waals surface area contributed by atoms with Gasteiger partial charge in [-0.15, -0.1) is 0 Å². The Balaban J connectivity index is 1.90. The summed E-state index contributed by atoms with van der Waals surface area (Å²) in [4.78, 5) is 4.55. The molecule has 0 unspecified atom stereocenters. The molecule has 0 aliphatic heterocycles. The van der Waals surface area contributed by atoms with Crippen LogP contribution in [0.25, 0.3) is 10.8 Å². The second kappa shape index (κ2) is 5.80. The first kappa shape index (κ1) is 13.4. The van der Waals surface area contributed by atoms with Gasteiger partial charge in [-0.1, -0.05) is 54.6 Å². The van der Waals surface area contributed by atoms with Crippen LogP contribution in [0.1, 0.15) is 24.1 Å². The SMILES string of the molecule is C[C@@H](N=Cc1cc2ccccc2cc1O)c1ccccc1. The number of hydrogen-bond acceptors (Lipinski definition) is 2. The molecule has 0 aliphatic carbocycles. The van der Waals surface area contributed by atoms with E-state index in [1.54, 1.807) is 12.3 Å². The molecular weight excluding hydrogens is 258 g/mol. The minimum atomic E-state index is 0.0667. The molecule has 21 heavy (non-hydrogen) atoms. The van der Waals surface area contributed by atoms with Crippen LogP contribution in [0, 0.1) is 0 Å². The van der Waals surface area contributed by atoms with Gasteiger partial charge in [0.15, 0.2) is 0 Å². The summed E-state index contributed by atoms with van der Waals surface area (Å²) in [5, 5.41) is 12.2. The van der Waals surface area contributed by atoms with E-state index in [1.807, 2.05) is 55.5 Å². The number of rotatable bonds is 3. The van der Waals surface area contributed by atoms with E-state index >= 15 is 0 Å². The number of phenolic OH excluding ortho intramolecular Hbond substituents is 1. The second-order valence-electron chi connectivity index (χ2n) is 5.12. The van der Waals surface area contributed by atoms with Gasteiger partial charge in [-0.05, 0) is 35.4 Å². The maximum atomic E-state index is 10.1. The maximum Gasteiger partial charge on any atom is 0.124 e. The van der Waals surface area contributed by atoms with E-state index in [2.05, 4.69) is 17.1 Å². The number of hydrogen-bond donors (Lipinski definition) is 1. The zero-order valence-corrected chi connectivity index (χ0v) is 11.9. The highest BCUT2D eigenvalue weighted by Gasteiger charge is 2.04. The zero-order valence-electron chi connectivity index (χ0n) is 11.9. The first-order chi connectivity index (χ1) is 10.2. The maximum absolute atomic E-state index is 10.1. The number of fused-ring (bicyclic) bond motifs is 1. The van der Waals surface area contributed by atoms with Gasteiger partial charge >= 0.3 is 0 Å². The van der Waals surface area contributed by atoms with Crippen molar-refractivity contribution in [2.75, 3.05) is 0 Å². The molecule has 3 rings (SSSR count). The third-order valence-electron chi connectivity index (χ3n) is 3.61. The van der Waals surface area contributed by atoms with Gasteiger partial charge in [0, 0.05) is 11.8 Å². The summed E-state index contributed by atoms with van der Waals surface area (Å²) in [6.45, 7) is 2.05. The summed E-state index contributed by atoms with van der Waals surface area (Å²) in [5.74, 6) is 0.262. The molecule has 0 saturated heterocycles. The average molecular weight is 275 g/mol. The van der Waals surface area contributed by atoms with Gasteiger partial charge in [-0.25, -0.2) is 0 Å². The third-order valence-corrected chi connectivity index (χ3v) is 3.61. The van der Waals surface area contributed by atoms with Crippen molar-refractivity contribution in [1.82, 2.24) is 0 Å². The first-order valence-electron chi connectivity index (χ1n) is 7.04. The third kappa shape index (κ3) is 2.95. The molecule has 1 atom stereocenters. The van der Waals surface area contributed by atoms with Gasteiger partial charge in [0.1, 0.15) is 5.75 Å². The van der Waals surface area contributed by atoms with Gasteiger partial charge in [0.2, 0.25) is 0 Å². The minimum Gasteiger partial charge on any atom is -0.507 e. The molecule has 0 spiro atoms. The van der Waals surface area contributed by atoms with E-state index in [0.717, 1.165) is 21.9 Å². The number of benzene rings is 3. The molecule has 2 nitrogen and oxygen atoms in total. The molecule has 0 fully saturated rings. The van der Waals surface area contributed by atoms with Crippen LogP contribution in [0.4, 0.5) is 0 Å². The molecule has 3 aromatic carbocycles. The molecule has 0 bridgehead atoms. The quantitative estimate of drug-likeness (QED) is 0.689. The molecule has 1 N–H and O–H groups in total. The summed E-state index contributed by atoms with van der Waals surface area (Å²) in [6, 6.07) is 21.9. The van der Waals surface area contributed by atoms with Gasteiger partial charge in [-0.3, -0.25) is 4.99 Å². The Morgan fingerprint density at radius 1 is 0.905 bits per heavy atom. The summed E-state index contributed by atoms with van der Waals surface area (Å²) in [5.41, 5.74) is 1.91. The van der Waals surface area contributed by atoms with Crippen LogP contribution in [0.5, 0.6) is 5.75 Å². The van der Waals surface area contributed by atoms with Crippen LogP contribution in [0.2, 0.25) is 0 Å². The number of phenols is 1. The largest absolute Gasteiger partial charge is 0.507 e.